The summed E-state index contributed by atoms with van der Waals surface area (Å²) < 4.78 is 19.7. The molecule has 2 aromatic heterocycles. The third-order valence-corrected chi connectivity index (χ3v) is 3.75. The van der Waals surface area contributed by atoms with Crippen LogP contribution in [0.2, 0.25) is 10.0 Å². The molecule has 1 unspecified atom stereocenters. The average molecular weight is 328 g/mol. The lowest BCUT2D eigenvalue weighted by Gasteiger charge is -2.18. The fourth-order valence-corrected chi connectivity index (χ4v) is 2.60. The summed E-state index contributed by atoms with van der Waals surface area (Å²) in [5.74, 6) is 0.458. The number of nitrogens with zero attached hydrogens (tertiary/aromatic N) is 3. The van der Waals surface area contributed by atoms with Gasteiger partial charge < -0.3 is 9.64 Å². The van der Waals surface area contributed by atoms with Gasteiger partial charge in [-0.2, -0.15) is 0 Å². The van der Waals surface area contributed by atoms with Gasteiger partial charge in [0.05, 0.1) is 11.6 Å². The second kappa shape index (κ2) is 6.03. The van der Waals surface area contributed by atoms with Gasteiger partial charge in [-0.05, 0) is 6.07 Å². The molecule has 0 aromatic carbocycles. The third kappa shape index (κ3) is 3.19. The second-order valence-corrected chi connectivity index (χ2v) is 5.58. The molecule has 0 spiro atoms. The van der Waals surface area contributed by atoms with Crippen molar-refractivity contribution >= 4 is 29.0 Å². The predicted molar refractivity (Wildman–Crippen MR) is 79.7 cm³/mol. The van der Waals surface area contributed by atoms with Crippen molar-refractivity contribution in [1.82, 2.24) is 9.97 Å². The topological polar surface area (TPSA) is 38.2 Å². The van der Waals surface area contributed by atoms with Crippen molar-refractivity contribution in [1.29, 1.82) is 0 Å². The summed E-state index contributed by atoms with van der Waals surface area (Å²) in [7, 11) is 0. The first-order valence-corrected chi connectivity index (χ1v) is 7.21. The molecule has 1 fully saturated rings. The van der Waals surface area contributed by atoms with Gasteiger partial charge in [-0.3, -0.25) is 4.98 Å². The first kappa shape index (κ1) is 14.4. The molecular weight excluding hydrogens is 316 g/mol. The number of rotatable bonds is 3. The quantitative estimate of drug-likeness (QED) is 0.863. The summed E-state index contributed by atoms with van der Waals surface area (Å²) in [6.07, 6.45) is 5.29. The Hall–Kier alpha value is -1.59. The van der Waals surface area contributed by atoms with Crippen molar-refractivity contribution < 1.29 is 9.13 Å². The fourth-order valence-electron chi connectivity index (χ4n) is 2.29. The number of ether oxygens (including phenoxy) is 1. The number of anilines is 1. The Kier molecular flexibility index (Phi) is 4.12. The number of hydrogen-bond acceptors (Lipinski definition) is 4. The number of aromatic nitrogens is 2. The zero-order valence-corrected chi connectivity index (χ0v) is 12.5. The molecular formula is C14H12Cl2FN3O. The van der Waals surface area contributed by atoms with Gasteiger partial charge in [0, 0.05) is 37.6 Å². The van der Waals surface area contributed by atoms with Gasteiger partial charge in [-0.25, -0.2) is 9.37 Å². The summed E-state index contributed by atoms with van der Waals surface area (Å²) >= 11 is 11.7. The summed E-state index contributed by atoms with van der Waals surface area (Å²) in [5.41, 5.74) is 0. The monoisotopic (exact) mass is 327 g/mol. The van der Waals surface area contributed by atoms with E-state index in [0.717, 1.165) is 6.42 Å². The minimum atomic E-state index is -0.426. The van der Waals surface area contributed by atoms with Crippen LogP contribution < -0.4 is 9.64 Å². The Morgan fingerprint density at radius 3 is 2.95 bits per heavy atom. The van der Waals surface area contributed by atoms with Crippen molar-refractivity contribution in [2.45, 2.75) is 12.5 Å². The predicted octanol–water partition coefficient (Wildman–Crippen LogP) is 3.58. The molecule has 1 saturated heterocycles. The zero-order valence-electron chi connectivity index (χ0n) is 11.0. The normalized spacial score (nSPS) is 18.0. The molecule has 1 aliphatic heterocycles. The molecule has 4 nitrogen and oxygen atoms in total. The van der Waals surface area contributed by atoms with E-state index in [1.165, 1.54) is 18.5 Å². The molecule has 110 valence electrons. The van der Waals surface area contributed by atoms with Gasteiger partial charge in [0.25, 0.3) is 0 Å². The van der Waals surface area contributed by atoms with Crippen LogP contribution in [0.15, 0.2) is 30.7 Å². The van der Waals surface area contributed by atoms with Gasteiger partial charge >= 0.3 is 0 Å². The van der Waals surface area contributed by atoms with Crippen LogP contribution in [-0.2, 0) is 0 Å². The molecule has 0 radical (unpaired) electrons. The smallest absolute Gasteiger partial charge is 0.167 e. The molecule has 21 heavy (non-hydrogen) atoms. The summed E-state index contributed by atoms with van der Waals surface area (Å²) in [4.78, 5) is 9.79. The van der Waals surface area contributed by atoms with E-state index in [2.05, 4.69) is 9.97 Å². The molecule has 0 bridgehead atoms. The summed E-state index contributed by atoms with van der Waals surface area (Å²) in [6.45, 7) is 1.21. The van der Waals surface area contributed by atoms with Crippen LogP contribution in [0.3, 0.4) is 0 Å². The molecule has 0 amide bonds. The van der Waals surface area contributed by atoms with Crippen LogP contribution in [0.5, 0.6) is 5.75 Å². The molecule has 0 N–H and O–H groups in total. The highest BCUT2D eigenvalue weighted by Crippen LogP contribution is 2.28. The van der Waals surface area contributed by atoms with Crippen LogP contribution >= 0.6 is 23.2 Å². The van der Waals surface area contributed by atoms with E-state index in [0.29, 0.717) is 29.7 Å². The van der Waals surface area contributed by atoms with Gasteiger partial charge in [-0.15, -0.1) is 0 Å². The van der Waals surface area contributed by atoms with Crippen LogP contribution in [0.25, 0.3) is 0 Å². The molecule has 2 aromatic rings. The van der Waals surface area contributed by atoms with Gasteiger partial charge in [0.15, 0.2) is 11.6 Å². The fraction of sp³-hybridized carbons (Fsp3) is 0.286. The van der Waals surface area contributed by atoms with Crippen molar-refractivity contribution in [3.8, 4) is 5.75 Å². The SMILES string of the molecule is Fc1cc(Cl)cnc1N1CCC(Oc2ccncc2Cl)C1. The lowest BCUT2D eigenvalue weighted by atomic mass is 10.3. The largest absolute Gasteiger partial charge is 0.487 e. The number of pyridine rings is 2. The van der Waals surface area contributed by atoms with Crippen molar-refractivity contribution in [3.05, 3.63) is 46.6 Å². The lowest BCUT2D eigenvalue weighted by molar-refractivity contribution is 0.225. The molecule has 3 rings (SSSR count). The summed E-state index contributed by atoms with van der Waals surface area (Å²) in [6, 6.07) is 2.98. The van der Waals surface area contributed by atoms with Crippen LogP contribution in [0.1, 0.15) is 6.42 Å². The maximum Gasteiger partial charge on any atom is 0.167 e. The molecule has 7 heteroatoms. The van der Waals surface area contributed by atoms with E-state index in [4.69, 9.17) is 27.9 Å². The lowest BCUT2D eigenvalue weighted by Crippen LogP contribution is -2.26. The Morgan fingerprint density at radius 1 is 1.33 bits per heavy atom. The van der Waals surface area contributed by atoms with Crippen molar-refractivity contribution in [2.75, 3.05) is 18.0 Å². The molecule has 0 aliphatic carbocycles. The van der Waals surface area contributed by atoms with Crippen LogP contribution in [0.4, 0.5) is 10.2 Å². The maximum atomic E-state index is 13.9. The summed E-state index contributed by atoms with van der Waals surface area (Å²) in [5, 5.41) is 0.749. The van der Waals surface area contributed by atoms with Gasteiger partial charge in [-0.1, -0.05) is 23.2 Å². The van der Waals surface area contributed by atoms with E-state index in [9.17, 15) is 4.39 Å². The molecule has 1 aliphatic rings. The minimum absolute atomic E-state index is 0.0678. The zero-order chi connectivity index (χ0) is 14.8. The minimum Gasteiger partial charge on any atom is -0.487 e. The Balaban J connectivity index is 1.69. The Labute approximate surface area is 131 Å². The third-order valence-electron chi connectivity index (χ3n) is 3.26. The maximum absolute atomic E-state index is 13.9. The number of hydrogen-bond donors (Lipinski definition) is 0. The van der Waals surface area contributed by atoms with Crippen molar-refractivity contribution in [3.63, 3.8) is 0 Å². The van der Waals surface area contributed by atoms with E-state index in [-0.39, 0.29) is 11.1 Å². The standard InChI is InChI=1S/C14H12Cl2FN3O/c15-9-5-12(17)14(19-6-9)20-4-2-10(8-20)21-13-1-3-18-7-11(13)16/h1,3,5-7,10H,2,4,8H2. The Bertz CT molecular complexity index is 656. The highest BCUT2D eigenvalue weighted by molar-refractivity contribution is 6.31. The second-order valence-electron chi connectivity index (χ2n) is 4.74. The van der Waals surface area contributed by atoms with E-state index < -0.39 is 5.82 Å². The Morgan fingerprint density at radius 2 is 2.19 bits per heavy atom. The number of halogens is 3. The molecule has 3 heterocycles. The van der Waals surface area contributed by atoms with E-state index >= 15 is 0 Å². The van der Waals surface area contributed by atoms with Gasteiger partial charge in [0.1, 0.15) is 16.9 Å². The molecule has 0 saturated carbocycles. The highest BCUT2D eigenvalue weighted by Gasteiger charge is 2.27. The molecule has 1 atom stereocenters. The van der Waals surface area contributed by atoms with Crippen molar-refractivity contribution in [2.24, 2.45) is 0 Å². The first-order valence-electron chi connectivity index (χ1n) is 6.45. The average Bonchev–Trinajstić information content (AvgIpc) is 2.90. The highest BCUT2D eigenvalue weighted by atomic mass is 35.5. The van der Waals surface area contributed by atoms with E-state index in [1.54, 1.807) is 12.3 Å². The van der Waals surface area contributed by atoms with E-state index in [1.807, 2.05) is 4.90 Å². The van der Waals surface area contributed by atoms with Crippen LogP contribution in [0, 0.1) is 5.82 Å². The van der Waals surface area contributed by atoms with Crippen LogP contribution in [-0.4, -0.2) is 29.2 Å². The van der Waals surface area contributed by atoms with Gasteiger partial charge in [0.2, 0.25) is 0 Å². The first-order chi connectivity index (χ1) is 10.1.